The SMILES string of the molecule is O=S(O)N(CCO)CCO. The Kier molecular flexibility index (Phi) is 5.74. The minimum atomic E-state index is -2.09. The fourth-order valence-electron chi connectivity index (χ4n) is 0.491. The van der Waals surface area contributed by atoms with Crippen molar-refractivity contribution in [2.75, 3.05) is 26.3 Å². The first-order valence-electron chi connectivity index (χ1n) is 2.80. The van der Waals surface area contributed by atoms with Crippen molar-refractivity contribution in [1.82, 2.24) is 4.31 Å². The average molecular weight is 169 g/mol. The van der Waals surface area contributed by atoms with Crippen LogP contribution in [-0.2, 0) is 11.3 Å². The van der Waals surface area contributed by atoms with E-state index >= 15 is 0 Å². The Morgan fingerprint density at radius 1 is 1.20 bits per heavy atom. The van der Waals surface area contributed by atoms with Crippen molar-refractivity contribution in [2.45, 2.75) is 0 Å². The van der Waals surface area contributed by atoms with Gasteiger partial charge in [0.1, 0.15) is 0 Å². The van der Waals surface area contributed by atoms with Gasteiger partial charge in [0.05, 0.1) is 13.2 Å². The summed E-state index contributed by atoms with van der Waals surface area (Å²) in [4.78, 5) is 0. The minimum Gasteiger partial charge on any atom is -0.395 e. The summed E-state index contributed by atoms with van der Waals surface area (Å²) < 4.78 is 19.8. The van der Waals surface area contributed by atoms with Crippen LogP contribution in [0.5, 0.6) is 0 Å². The number of hydrogen-bond donors (Lipinski definition) is 3. The summed E-state index contributed by atoms with van der Waals surface area (Å²) in [7, 11) is 0. The standard InChI is InChI=1S/C4H11NO4S/c6-3-1-5(2-4-7)10(8)9/h6-7H,1-4H2,(H,8,9). The third-order valence-electron chi connectivity index (χ3n) is 0.920. The smallest absolute Gasteiger partial charge is 0.234 e. The highest BCUT2D eigenvalue weighted by molar-refractivity contribution is 7.76. The molecule has 3 N–H and O–H groups in total. The fraction of sp³-hybridized carbons (Fsp3) is 1.00. The number of aliphatic hydroxyl groups is 2. The van der Waals surface area contributed by atoms with E-state index in [1.165, 1.54) is 0 Å². The third-order valence-corrected chi connectivity index (χ3v) is 1.73. The molecule has 0 aliphatic carbocycles. The highest BCUT2D eigenvalue weighted by Crippen LogP contribution is 1.89. The molecule has 0 rings (SSSR count). The van der Waals surface area contributed by atoms with Crippen molar-refractivity contribution >= 4 is 11.3 Å². The van der Waals surface area contributed by atoms with E-state index in [1.807, 2.05) is 0 Å². The second-order valence-electron chi connectivity index (χ2n) is 1.61. The largest absolute Gasteiger partial charge is 0.395 e. The maximum atomic E-state index is 10.3. The van der Waals surface area contributed by atoms with Crippen LogP contribution in [0.25, 0.3) is 0 Å². The van der Waals surface area contributed by atoms with Gasteiger partial charge >= 0.3 is 0 Å². The van der Waals surface area contributed by atoms with Crippen molar-refractivity contribution in [1.29, 1.82) is 0 Å². The second kappa shape index (κ2) is 5.75. The molecule has 62 valence electrons. The minimum absolute atomic E-state index is 0.101. The summed E-state index contributed by atoms with van der Waals surface area (Å²) in [5.74, 6) is 0. The van der Waals surface area contributed by atoms with Crippen LogP contribution in [0.2, 0.25) is 0 Å². The van der Waals surface area contributed by atoms with E-state index in [9.17, 15) is 4.21 Å². The lowest BCUT2D eigenvalue weighted by molar-refractivity contribution is 0.216. The Morgan fingerprint density at radius 2 is 1.60 bits per heavy atom. The summed E-state index contributed by atoms with van der Waals surface area (Å²) in [5, 5.41) is 16.7. The van der Waals surface area contributed by atoms with Crippen LogP contribution in [0.15, 0.2) is 0 Å². The molecule has 0 saturated heterocycles. The Labute approximate surface area is 61.7 Å². The summed E-state index contributed by atoms with van der Waals surface area (Å²) in [6.07, 6.45) is 0. The predicted molar refractivity (Wildman–Crippen MR) is 36.5 cm³/mol. The van der Waals surface area contributed by atoms with Crippen LogP contribution >= 0.6 is 0 Å². The van der Waals surface area contributed by atoms with Gasteiger partial charge in [0.25, 0.3) is 0 Å². The molecular weight excluding hydrogens is 158 g/mol. The molecule has 0 fully saturated rings. The summed E-state index contributed by atoms with van der Waals surface area (Å²) >= 11 is -2.09. The first-order chi connectivity index (χ1) is 4.72. The Morgan fingerprint density at radius 3 is 1.80 bits per heavy atom. The monoisotopic (exact) mass is 169 g/mol. The van der Waals surface area contributed by atoms with Gasteiger partial charge < -0.3 is 10.2 Å². The molecular formula is C4H11NO4S. The van der Waals surface area contributed by atoms with Crippen LogP contribution < -0.4 is 0 Å². The zero-order valence-corrected chi connectivity index (χ0v) is 6.25. The Bertz CT molecular complexity index is 103. The molecule has 5 nitrogen and oxygen atoms in total. The van der Waals surface area contributed by atoms with Crippen LogP contribution in [0.4, 0.5) is 0 Å². The molecule has 0 amide bonds. The molecule has 0 aliphatic rings. The highest BCUT2D eigenvalue weighted by atomic mass is 32.2. The molecule has 0 spiro atoms. The molecule has 0 aromatic rings. The molecule has 0 aliphatic heterocycles. The number of rotatable bonds is 5. The van der Waals surface area contributed by atoms with E-state index < -0.39 is 11.3 Å². The second-order valence-corrected chi connectivity index (χ2v) is 2.58. The van der Waals surface area contributed by atoms with E-state index in [1.54, 1.807) is 0 Å². The van der Waals surface area contributed by atoms with Gasteiger partial charge in [-0.1, -0.05) is 0 Å². The highest BCUT2D eigenvalue weighted by Gasteiger charge is 2.07. The van der Waals surface area contributed by atoms with Crippen molar-refractivity contribution in [2.24, 2.45) is 0 Å². The summed E-state index contributed by atoms with van der Waals surface area (Å²) in [6, 6.07) is 0. The van der Waals surface area contributed by atoms with Crippen molar-refractivity contribution in [3.63, 3.8) is 0 Å². The van der Waals surface area contributed by atoms with Gasteiger partial charge in [-0.3, -0.25) is 4.55 Å². The van der Waals surface area contributed by atoms with E-state index in [2.05, 4.69) is 0 Å². The van der Waals surface area contributed by atoms with Crippen LogP contribution in [0, 0.1) is 0 Å². The molecule has 0 saturated carbocycles. The van der Waals surface area contributed by atoms with E-state index in [4.69, 9.17) is 14.8 Å². The van der Waals surface area contributed by atoms with Crippen molar-refractivity contribution < 1.29 is 19.0 Å². The molecule has 10 heavy (non-hydrogen) atoms. The van der Waals surface area contributed by atoms with Gasteiger partial charge in [-0.25, -0.2) is 4.21 Å². The fourth-order valence-corrected chi connectivity index (χ4v) is 0.967. The zero-order valence-electron chi connectivity index (χ0n) is 5.43. The number of aliphatic hydroxyl groups excluding tert-OH is 2. The Balaban J connectivity index is 3.61. The molecule has 0 aromatic heterocycles. The molecule has 0 aromatic carbocycles. The molecule has 6 heteroatoms. The topological polar surface area (TPSA) is 81.0 Å². The quantitative estimate of drug-likeness (QED) is 0.433. The Hall–Kier alpha value is -0.0100. The van der Waals surface area contributed by atoms with Gasteiger partial charge in [-0.15, -0.1) is 0 Å². The van der Waals surface area contributed by atoms with Gasteiger partial charge in [-0.2, -0.15) is 4.31 Å². The van der Waals surface area contributed by atoms with Crippen molar-refractivity contribution in [3.05, 3.63) is 0 Å². The lowest BCUT2D eigenvalue weighted by Crippen LogP contribution is -2.31. The summed E-state index contributed by atoms with van der Waals surface area (Å²) in [6.45, 7) is -0.175. The predicted octanol–water partition coefficient (Wildman–Crippen LogP) is -1.59. The summed E-state index contributed by atoms with van der Waals surface area (Å²) in [5.41, 5.74) is 0. The van der Waals surface area contributed by atoms with E-state index in [-0.39, 0.29) is 26.3 Å². The average Bonchev–Trinajstić information content (AvgIpc) is 1.87. The maximum absolute atomic E-state index is 10.3. The molecule has 0 bridgehead atoms. The lowest BCUT2D eigenvalue weighted by Gasteiger charge is -2.13. The maximum Gasteiger partial charge on any atom is 0.234 e. The molecule has 0 heterocycles. The van der Waals surface area contributed by atoms with Gasteiger partial charge in [0.2, 0.25) is 11.3 Å². The normalized spacial score (nSPS) is 14.0. The van der Waals surface area contributed by atoms with Crippen LogP contribution in [0.3, 0.4) is 0 Å². The van der Waals surface area contributed by atoms with Crippen molar-refractivity contribution in [3.8, 4) is 0 Å². The van der Waals surface area contributed by atoms with Crippen LogP contribution in [0.1, 0.15) is 0 Å². The first-order valence-corrected chi connectivity index (χ1v) is 3.86. The van der Waals surface area contributed by atoms with E-state index in [0.717, 1.165) is 4.31 Å². The zero-order chi connectivity index (χ0) is 7.98. The van der Waals surface area contributed by atoms with E-state index in [0.29, 0.717) is 0 Å². The van der Waals surface area contributed by atoms with Gasteiger partial charge in [0.15, 0.2) is 0 Å². The van der Waals surface area contributed by atoms with Gasteiger partial charge in [0, 0.05) is 13.1 Å². The van der Waals surface area contributed by atoms with Gasteiger partial charge in [-0.05, 0) is 0 Å². The first kappa shape index (κ1) is 9.99. The molecule has 1 unspecified atom stereocenters. The lowest BCUT2D eigenvalue weighted by atomic mass is 10.6. The third kappa shape index (κ3) is 3.91. The molecule has 1 atom stereocenters. The number of nitrogens with zero attached hydrogens (tertiary/aromatic N) is 1. The number of hydrogen-bond acceptors (Lipinski definition) is 3. The van der Waals surface area contributed by atoms with Crippen LogP contribution in [-0.4, -0.2) is 49.6 Å². The molecule has 0 radical (unpaired) electrons.